The van der Waals surface area contributed by atoms with Gasteiger partial charge in [0.25, 0.3) is 0 Å². The van der Waals surface area contributed by atoms with Crippen molar-refractivity contribution in [3.05, 3.63) is 0 Å². The summed E-state index contributed by atoms with van der Waals surface area (Å²) in [4.78, 5) is 0. The van der Waals surface area contributed by atoms with Gasteiger partial charge in [-0.25, -0.2) is 0 Å². The molecule has 0 aromatic carbocycles. The van der Waals surface area contributed by atoms with Crippen molar-refractivity contribution in [2.24, 2.45) is 5.11 Å². The molecule has 0 aromatic rings. The van der Waals surface area contributed by atoms with Crippen LogP contribution in [0.2, 0.25) is 0 Å². The van der Waals surface area contributed by atoms with Gasteiger partial charge in [0.2, 0.25) is 0 Å². The highest BCUT2D eigenvalue weighted by Crippen LogP contribution is 2.02. The third-order valence-corrected chi connectivity index (χ3v) is 0.524. The van der Waals surface area contributed by atoms with Crippen molar-refractivity contribution in [2.75, 3.05) is 0 Å². The van der Waals surface area contributed by atoms with Crippen LogP contribution in [0.5, 0.6) is 0 Å². The molecule has 0 spiro atoms. The molecule has 0 bridgehead atoms. The van der Waals surface area contributed by atoms with Crippen molar-refractivity contribution in [1.29, 1.82) is 5.26 Å². The minimum atomic E-state index is -0.931. The molecule has 0 unspecified atom stereocenters. The summed E-state index contributed by atoms with van der Waals surface area (Å²) >= 11 is 0. The molecule has 0 rings (SSSR count). The van der Waals surface area contributed by atoms with Gasteiger partial charge in [-0.05, 0) is 19.4 Å². The third kappa shape index (κ3) is 1.88. The molecule has 0 N–H and O–H groups in total. The predicted octanol–water partition coefficient (Wildman–Crippen LogP) is 0.541. The van der Waals surface area contributed by atoms with Crippen molar-refractivity contribution in [1.82, 2.24) is 5.53 Å². The van der Waals surface area contributed by atoms with Crippen LogP contribution >= 0.6 is 0 Å². The van der Waals surface area contributed by atoms with Gasteiger partial charge in [-0.15, -0.1) is 5.11 Å². The Morgan fingerprint density at radius 1 is 1.57 bits per heavy atom. The lowest BCUT2D eigenvalue weighted by atomic mass is 10.1. The molecule has 7 heavy (non-hydrogen) atoms. The number of nitriles is 1. The Hall–Kier alpha value is -0.910. The Morgan fingerprint density at radius 2 is 2.00 bits per heavy atom. The topological polar surface area (TPSA) is 58.5 Å². The Labute approximate surface area is 42.5 Å². The average Bonchev–Trinajstić information content (AvgIpc) is 1.68. The molecule has 3 nitrogen and oxygen atoms in total. The molecule has 0 heterocycles. The van der Waals surface area contributed by atoms with Crippen molar-refractivity contribution < 1.29 is 0 Å². The number of hydrogen-bond acceptors (Lipinski definition) is 2. The van der Waals surface area contributed by atoms with E-state index in [0.717, 1.165) is 0 Å². The normalized spacial score (nSPS) is 9.86. The van der Waals surface area contributed by atoms with Gasteiger partial charge >= 0.3 is 0 Å². The zero-order valence-corrected chi connectivity index (χ0v) is 4.34. The van der Waals surface area contributed by atoms with E-state index in [4.69, 9.17) is 10.8 Å². The summed E-state index contributed by atoms with van der Waals surface area (Å²) in [5, 5.41) is 10.9. The first-order valence-corrected chi connectivity index (χ1v) is 1.90. The highest BCUT2D eigenvalue weighted by Gasteiger charge is 2.12. The van der Waals surface area contributed by atoms with Gasteiger partial charge in [0.15, 0.2) is 5.54 Å². The monoisotopic (exact) mass is 96.1 g/mol. The van der Waals surface area contributed by atoms with Gasteiger partial charge in [-0.1, -0.05) is 0 Å². The zero-order valence-electron chi connectivity index (χ0n) is 4.34. The molecule has 3 heteroatoms. The summed E-state index contributed by atoms with van der Waals surface area (Å²) in [6.45, 7) is 3.04. The minimum absolute atomic E-state index is 0.931. The minimum Gasteiger partial charge on any atom is -0.196 e. The summed E-state index contributed by atoms with van der Waals surface area (Å²) < 4.78 is 0. The summed E-state index contributed by atoms with van der Waals surface area (Å²) in [7, 11) is 0. The van der Waals surface area contributed by atoms with E-state index in [9.17, 15) is 0 Å². The second kappa shape index (κ2) is 1.69. The fraction of sp³-hybridized carbons (Fsp3) is 0.750. The Kier molecular flexibility index (Phi) is 1.47. The first-order chi connectivity index (χ1) is 3.12. The third-order valence-electron chi connectivity index (χ3n) is 0.524. The molecule has 1 radical (unpaired) electrons. The van der Waals surface area contributed by atoms with E-state index in [2.05, 4.69) is 5.11 Å². The molecule has 0 amide bonds. The van der Waals surface area contributed by atoms with Crippen LogP contribution in [0.15, 0.2) is 5.11 Å². The molecular weight excluding hydrogens is 90.1 g/mol. The zero-order chi connectivity index (χ0) is 5.91. The van der Waals surface area contributed by atoms with Crippen LogP contribution in [0.4, 0.5) is 0 Å². The van der Waals surface area contributed by atoms with E-state index in [1.54, 1.807) is 6.07 Å². The first kappa shape index (κ1) is 6.09. The maximum absolute atomic E-state index is 8.09. The maximum Gasteiger partial charge on any atom is 0.164 e. The molecule has 37 valence electrons. The highest BCUT2D eigenvalue weighted by atomic mass is 15.0. The van der Waals surface area contributed by atoms with Gasteiger partial charge in [0.1, 0.15) is 0 Å². The molecule has 0 aromatic heterocycles. The lowest BCUT2D eigenvalue weighted by molar-refractivity contribution is 0.637. The molecule has 0 aliphatic carbocycles. The lowest BCUT2D eigenvalue weighted by Crippen LogP contribution is -2.11. The Morgan fingerprint density at radius 3 is 2.00 bits per heavy atom. The second-order valence-electron chi connectivity index (χ2n) is 1.77. The van der Waals surface area contributed by atoms with E-state index in [-0.39, 0.29) is 0 Å². The standard InChI is InChI=1S/C4H6N3/c1-4(2,3-5)7-6/h1-2H3. The van der Waals surface area contributed by atoms with Gasteiger partial charge in [0.05, 0.1) is 6.07 Å². The quantitative estimate of drug-likeness (QED) is 0.439. The van der Waals surface area contributed by atoms with Crippen LogP contribution in [0.25, 0.3) is 0 Å². The van der Waals surface area contributed by atoms with E-state index in [1.807, 2.05) is 0 Å². The summed E-state index contributed by atoms with van der Waals surface area (Å²) in [5.41, 5.74) is 7.07. The number of hydrogen-bond donors (Lipinski definition) is 0. The summed E-state index contributed by atoms with van der Waals surface area (Å²) in [6, 6.07) is 1.77. The van der Waals surface area contributed by atoms with Gasteiger partial charge in [-0.2, -0.15) is 5.26 Å². The van der Waals surface area contributed by atoms with Crippen LogP contribution in [0.3, 0.4) is 0 Å². The van der Waals surface area contributed by atoms with Crippen LogP contribution in [-0.2, 0) is 0 Å². The SMILES string of the molecule is CC(C)(C#N)N=[N]. The molecular formula is C4H6N3. The molecule has 0 saturated heterocycles. The van der Waals surface area contributed by atoms with Crippen molar-refractivity contribution in [2.45, 2.75) is 19.4 Å². The highest BCUT2D eigenvalue weighted by molar-refractivity contribution is 4.98. The number of rotatable bonds is 1. The van der Waals surface area contributed by atoms with Crippen molar-refractivity contribution >= 4 is 0 Å². The van der Waals surface area contributed by atoms with Crippen LogP contribution in [0.1, 0.15) is 13.8 Å². The van der Waals surface area contributed by atoms with Crippen LogP contribution < -0.4 is 5.53 Å². The largest absolute Gasteiger partial charge is 0.196 e. The molecule has 0 atom stereocenters. The first-order valence-electron chi connectivity index (χ1n) is 1.90. The molecule has 0 fully saturated rings. The molecule has 0 aliphatic heterocycles. The van der Waals surface area contributed by atoms with Crippen molar-refractivity contribution in [3.63, 3.8) is 0 Å². The van der Waals surface area contributed by atoms with Gasteiger partial charge in [-0.3, -0.25) is 0 Å². The van der Waals surface area contributed by atoms with E-state index < -0.39 is 5.54 Å². The molecule has 0 saturated carbocycles. The Bertz CT molecular complexity index is 109. The van der Waals surface area contributed by atoms with E-state index >= 15 is 0 Å². The fourth-order valence-corrected chi connectivity index (χ4v) is 0.0224. The van der Waals surface area contributed by atoms with E-state index in [0.29, 0.717) is 0 Å². The second-order valence-corrected chi connectivity index (χ2v) is 1.77. The maximum atomic E-state index is 8.09. The number of nitrogens with zero attached hydrogens (tertiary/aromatic N) is 3. The summed E-state index contributed by atoms with van der Waals surface area (Å²) in [5.74, 6) is 0. The smallest absolute Gasteiger partial charge is 0.164 e. The lowest BCUT2D eigenvalue weighted by Gasteiger charge is -2.00. The van der Waals surface area contributed by atoms with Gasteiger partial charge in [0, 0.05) is 0 Å². The fourth-order valence-electron chi connectivity index (χ4n) is 0.0224. The average molecular weight is 96.1 g/mol. The summed E-state index contributed by atoms with van der Waals surface area (Å²) in [6.07, 6.45) is 0. The van der Waals surface area contributed by atoms with Crippen molar-refractivity contribution in [3.8, 4) is 6.07 Å². The van der Waals surface area contributed by atoms with E-state index in [1.165, 1.54) is 13.8 Å². The van der Waals surface area contributed by atoms with Gasteiger partial charge < -0.3 is 0 Å². The van der Waals surface area contributed by atoms with Crippen LogP contribution in [-0.4, -0.2) is 5.54 Å². The van der Waals surface area contributed by atoms with Crippen LogP contribution in [0, 0.1) is 11.3 Å². The molecule has 0 aliphatic rings. The predicted molar refractivity (Wildman–Crippen MR) is 24.3 cm³/mol. The Balaban J connectivity index is 3.91.